The number of thiophene rings is 1. The van der Waals surface area contributed by atoms with E-state index < -0.39 is 5.97 Å². The summed E-state index contributed by atoms with van der Waals surface area (Å²) in [5.74, 6) is -0.518. The third-order valence-corrected chi connectivity index (χ3v) is 4.61. The number of aromatic amines is 1. The van der Waals surface area contributed by atoms with Crippen LogP contribution in [-0.4, -0.2) is 33.5 Å². The van der Waals surface area contributed by atoms with E-state index in [-0.39, 0.29) is 30.3 Å². The van der Waals surface area contributed by atoms with Crippen molar-refractivity contribution in [2.75, 3.05) is 6.54 Å². The van der Waals surface area contributed by atoms with Crippen molar-refractivity contribution in [3.05, 3.63) is 26.6 Å². The van der Waals surface area contributed by atoms with Gasteiger partial charge in [-0.25, -0.2) is 4.98 Å². The molecule has 0 saturated carbocycles. The molecule has 2 aromatic rings. The summed E-state index contributed by atoms with van der Waals surface area (Å²) in [5, 5.41) is 11.7. The maximum absolute atomic E-state index is 12.2. The van der Waals surface area contributed by atoms with Crippen LogP contribution in [-0.2, 0) is 4.79 Å². The quantitative estimate of drug-likeness (QED) is 0.698. The number of aryl methyl sites for hydroxylation is 1. The second kappa shape index (κ2) is 6.91. The molecule has 2 heterocycles. The Kier molecular flexibility index (Phi) is 5.15. The Bertz CT molecular complexity index is 807. The predicted octanol–water partition coefficient (Wildman–Crippen LogP) is 2.01. The van der Waals surface area contributed by atoms with Crippen molar-refractivity contribution in [1.82, 2.24) is 15.3 Å². The van der Waals surface area contributed by atoms with E-state index in [1.165, 1.54) is 11.3 Å². The number of nitrogens with zero attached hydrogens (tertiary/aromatic N) is 1. The van der Waals surface area contributed by atoms with Gasteiger partial charge in [-0.1, -0.05) is 13.8 Å². The van der Waals surface area contributed by atoms with E-state index in [1.807, 2.05) is 13.8 Å². The summed E-state index contributed by atoms with van der Waals surface area (Å²) in [7, 11) is 0. The molecule has 0 aliphatic rings. The number of aliphatic carboxylic acids is 1. The van der Waals surface area contributed by atoms with E-state index in [9.17, 15) is 14.4 Å². The minimum atomic E-state index is -0.894. The summed E-state index contributed by atoms with van der Waals surface area (Å²) in [4.78, 5) is 43.0. The van der Waals surface area contributed by atoms with Gasteiger partial charge in [-0.3, -0.25) is 14.4 Å². The minimum absolute atomic E-state index is 0.00461. The average molecular weight is 337 g/mol. The maximum Gasteiger partial charge on any atom is 0.303 e. The van der Waals surface area contributed by atoms with Crippen molar-refractivity contribution in [2.45, 2.75) is 39.5 Å². The molecule has 2 rings (SSSR count). The fourth-order valence-corrected chi connectivity index (χ4v) is 3.28. The highest BCUT2D eigenvalue weighted by Gasteiger charge is 2.19. The molecule has 0 aliphatic heterocycles. The number of carboxylic acid groups (broad SMARTS) is 1. The summed E-state index contributed by atoms with van der Waals surface area (Å²) in [5.41, 5.74) is 0.363. The van der Waals surface area contributed by atoms with E-state index in [1.54, 1.807) is 6.92 Å². The summed E-state index contributed by atoms with van der Waals surface area (Å²) < 4.78 is 0. The molecular formula is C15H19N3O4S. The van der Waals surface area contributed by atoms with Crippen LogP contribution < -0.4 is 10.9 Å². The molecule has 0 radical (unpaired) electrons. The lowest BCUT2D eigenvalue weighted by Gasteiger charge is -2.03. The van der Waals surface area contributed by atoms with Gasteiger partial charge in [0.2, 0.25) is 0 Å². The Morgan fingerprint density at radius 1 is 1.39 bits per heavy atom. The van der Waals surface area contributed by atoms with Crippen LogP contribution in [0.3, 0.4) is 0 Å². The standard InChI is InChI=1S/C15H19N3O4S/c1-7(2)12-17-13(21)10-8(3)11(23-15(10)18-12)14(22)16-6-4-5-9(19)20/h7H,4-6H2,1-3H3,(H,16,22)(H,19,20)(H,17,18,21). The fraction of sp³-hybridized carbons (Fsp3) is 0.467. The highest BCUT2D eigenvalue weighted by molar-refractivity contribution is 7.20. The van der Waals surface area contributed by atoms with Crippen LogP contribution in [0.2, 0.25) is 0 Å². The van der Waals surface area contributed by atoms with E-state index in [0.29, 0.717) is 32.9 Å². The molecule has 0 bridgehead atoms. The molecule has 0 fully saturated rings. The van der Waals surface area contributed by atoms with Gasteiger partial charge in [-0.05, 0) is 18.9 Å². The zero-order chi connectivity index (χ0) is 17.1. The van der Waals surface area contributed by atoms with Crippen molar-refractivity contribution in [3.63, 3.8) is 0 Å². The van der Waals surface area contributed by atoms with Gasteiger partial charge in [0.05, 0.1) is 10.3 Å². The first kappa shape index (κ1) is 17.1. The van der Waals surface area contributed by atoms with Crippen LogP contribution in [0.15, 0.2) is 4.79 Å². The van der Waals surface area contributed by atoms with Gasteiger partial charge in [-0.2, -0.15) is 0 Å². The van der Waals surface area contributed by atoms with Gasteiger partial charge in [0.15, 0.2) is 0 Å². The SMILES string of the molecule is Cc1c(C(=O)NCCCC(=O)O)sc2nc(C(C)C)[nH]c(=O)c12. The molecule has 1 amide bonds. The van der Waals surface area contributed by atoms with Crippen molar-refractivity contribution in [2.24, 2.45) is 0 Å². The first-order chi connectivity index (χ1) is 10.8. The molecule has 0 saturated heterocycles. The van der Waals surface area contributed by atoms with Gasteiger partial charge >= 0.3 is 5.97 Å². The third-order valence-electron chi connectivity index (χ3n) is 3.42. The number of H-pyrrole nitrogens is 1. The molecule has 0 aromatic carbocycles. The number of hydrogen-bond donors (Lipinski definition) is 3. The number of carboxylic acids is 1. The first-order valence-corrected chi connectivity index (χ1v) is 8.16. The number of fused-ring (bicyclic) bond motifs is 1. The van der Waals surface area contributed by atoms with Crippen LogP contribution in [0.25, 0.3) is 10.2 Å². The molecule has 0 unspecified atom stereocenters. The molecule has 124 valence electrons. The first-order valence-electron chi connectivity index (χ1n) is 7.34. The summed E-state index contributed by atoms with van der Waals surface area (Å²) in [6.45, 7) is 5.86. The van der Waals surface area contributed by atoms with Crippen molar-refractivity contribution in [1.29, 1.82) is 0 Å². The Hall–Kier alpha value is -2.22. The van der Waals surface area contributed by atoms with E-state index in [4.69, 9.17) is 5.11 Å². The summed E-state index contributed by atoms with van der Waals surface area (Å²) in [6.07, 6.45) is 0.367. The average Bonchev–Trinajstić information content (AvgIpc) is 2.80. The number of amides is 1. The van der Waals surface area contributed by atoms with Crippen LogP contribution in [0.1, 0.15) is 53.7 Å². The number of carbonyl (C=O) groups is 2. The van der Waals surface area contributed by atoms with Gasteiger partial charge in [0.1, 0.15) is 10.7 Å². The van der Waals surface area contributed by atoms with Gasteiger partial charge < -0.3 is 15.4 Å². The van der Waals surface area contributed by atoms with Gasteiger partial charge in [-0.15, -0.1) is 11.3 Å². The number of carbonyl (C=O) groups excluding carboxylic acids is 1. The topological polar surface area (TPSA) is 112 Å². The van der Waals surface area contributed by atoms with E-state index in [0.717, 1.165) is 0 Å². The molecule has 0 atom stereocenters. The largest absolute Gasteiger partial charge is 0.481 e. The van der Waals surface area contributed by atoms with Gasteiger partial charge in [0, 0.05) is 18.9 Å². The fourth-order valence-electron chi connectivity index (χ4n) is 2.17. The molecule has 3 N–H and O–H groups in total. The smallest absolute Gasteiger partial charge is 0.303 e. The van der Waals surface area contributed by atoms with Crippen molar-refractivity contribution < 1.29 is 14.7 Å². The van der Waals surface area contributed by atoms with E-state index >= 15 is 0 Å². The van der Waals surface area contributed by atoms with Crippen molar-refractivity contribution >= 4 is 33.4 Å². The molecule has 7 nitrogen and oxygen atoms in total. The maximum atomic E-state index is 12.2. The number of rotatable bonds is 6. The third kappa shape index (κ3) is 3.76. The van der Waals surface area contributed by atoms with Crippen LogP contribution in [0, 0.1) is 6.92 Å². The lowest BCUT2D eigenvalue weighted by molar-refractivity contribution is -0.137. The normalized spacial score (nSPS) is 11.1. The van der Waals surface area contributed by atoms with Crippen LogP contribution >= 0.6 is 11.3 Å². The summed E-state index contributed by atoms with van der Waals surface area (Å²) >= 11 is 1.18. The minimum Gasteiger partial charge on any atom is -0.481 e. The Morgan fingerprint density at radius 3 is 2.70 bits per heavy atom. The Balaban J connectivity index is 2.26. The Labute approximate surface area is 136 Å². The predicted molar refractivity (Wildman–Crippen MR) is 88.3 cm³/mol. The monoisotopic (exact) mass is 337 g/mol. The van der Waals surface area contributed by atoms with E-state index in [2.05, 4.69) is 15.3 Å². The lowest BCUT2D eigenvalue weighted by atomic mass is 10.2. The molecule has 23 heavy (non-hydrogen) atoms. The second-order valence-corrected chi connectivity index (χ2v) is 6.59. The zero-order valence-corrected chi connectivity index (χ0v) is 14.0. The molecular weight excluding hydrogens is 318 g/mol. The second-order valence-electron chi connectivity index (χ2n) is 5.60. The Morgan fingerprint density at radius 2 is 2.09 bits per heavy atom. The highest BCUT2D eigenvalue weighted by atomic mass is 32.1. The highest BCUT2D eigenvalue weighted by Crippen LogP contribution is 2.27. The molecule has 2 aromatic heterocycles. The molecule has 8 heteroatoms. The number of hydrogen-bond acceptors (Lipinski definition) is 5. The summed E-state index contributed by atoms with van der Waals surface area (Å²) in [6, 6.07) is 0. The lowest BCUT2D eigenvalue weighted by Crippen LogP contribution is -2.24. The molecule has 0 spiro atoms. The van der Waals surface area contributed by atoms with Crippen LogP contribution in [0.4, 0.5) is 0 Å². The van der Waals surface area contributed by atoms with Gasteiger partial charge in [0.25, 0.3) is 11.5 Å². The van der Waals surface area contributed by atoms with Crippen LogP contribution in [0.5, 0.6) is 0 Å². The molecule has 0 aliphatic carbocycles. The number of nitrogens with one attached hydrogen (secondary N) is 2. The zero-order valence-electron chi connectivity index (χ0n) is 13.2. The number of aromatic nitrogens is 2. The van der Waals surface area contributed by atoms with Crippen molar-refractivity contribution in [3.8, 4) is 0 Å².